The average molecular weight is 297 g/mol. The van der Waals surface area contributed by atoms with Crippen LogP contribution in [0.5, 0.6) is 5.75 Å². The molecule has 1 aromatic carbocycles. The van der Waals surface area contributed by atoms with Crippen molar-refractivity contribution in [3.63, 3.8) is 0 Å². The van der Waals surface area contributed by atoms with E-state index in [9.17, 15) is 14.0 Å². The molecule has 1 unspecified atom stereocenters. The van der Waals surface area contributed by atoms with Crippen LogP contribution < -0.4 is 4.74 Å². The van der Waals surface area contributed by atoms with E-state index in [-0.39, 0.29) is 29.9 Å². The third kappa shape index (κ3) is 3.91. The second kappa shape index (κ2) is 6.53. The highest BCUT2D eigenvalue weighted by atomic mass is 19.1. The number of hydrogen-bond donors (Lipinski definition) is 1. The van der Waals surface area contributed by atoms with E-state index in [4.69, 9.17) is 14.6 Å². The van der Waals surface area contributed by atoms with Gasteiger partial charge in [-0.1, -0.05) is 0 Å². The van der Waals surface area contributed by atoms with E-state index in [2.05, 4.69) is 0 Å². The van der Waals surface area contributed by atoms with Gasteiger partial charge in [-0.15, -0.1) is 0 Å². The van der Waals surface area contributed by atoms with Crippen molar-refractivity contribution in [2.24, 2.45) is 0 Å². The van der Waals surface area contributed by atoms with Crippen LogP contribution in [0.2, 0.25) is 0 Å². The summed E-state index contributed by atoms with van der Waals surface area (Å²) in [6.07, 6.45) is -0.0388. The first-order valence-corrected chi connectivity index (χ1v) is 6.52. The molecule has 1 heterocycles. The second-order valence-corrected chi connectivity index (χ2v) is 4.76. The minimum Gasteiger partial charge on any atom is -0.483 e. The van der Waals surface area contributed by atoms with Gasteiger partial charge in [-0.3, -0.25) is 4.79 Å². The van der Waals surface area contributed by atoms with E-state index in [1.165, 1.54) is 6.07 Å². The monoisotopic (exact) mass is 297 g/mol. The van der Waals surface area contributed by atoms with Crippen LogP contribution in [-0.4, -0.2) is 54.3 Å². The van der Waals surface area contributed by atoms with Gasteiger partial charge in [0.15, 0.2) is 6.61 Å². The summed E-state index contributed by atoms with van der Waals surface area (Å²) in [5.74, 6) is -2.27. The molecule has 1 atom stereocenters. The first kappa shape index (κ1) is 15.2. The molecule has 0 bridgehead atoms. The lowest BCUT2D eigenvalue weighted by molar-refractivity contribution is -0.140. The lowest BCUT2D eigenvalue weighted by Gasteiger charge is -2.31. The Bertz CT molecular complexity index is 548. The molecule has 7 heteroatoms. The normalized spacial score (nSPS) is 18.4. The summed E-state index contributed by atoms with van der Waals surface area (Å²) in [4.78, 5) is 24.6. The molecule has 0 saturated carbocycles. The van der Waals surface area contributed by atoms with Gasteiger partial charge in [0.25, 0.3) is 5.91 Å². The van der Waals surface area contributed by atoms with Crippen molar-refractivity contribution in [3.8, 4) is 5.75 Å². The van der Waals surface area contributed by atoms with Crippen LogP contribution in [0, 0.1) is 5.82 Å². The number of ether oxygens (including phenoxy) is 2. The van der Waals surface area contributed by atoms with Crippen molar-refractivity contribution in [3.05, 3.63) is 29.6 Å². The molecule has 114 valence electrons. The molecule has 0 radical (unpaired) electrons. The number of aromatic carboxylic acids is 1. The van der Waals surface area contributed by atoms with Crippen molar-refractivity contribution in [1.82, 2.24) is 4.90 Å². The molecule has 1 saturated heterocycles. The van der Waals surface area contributed by atoms with Gasteiger partial charge in [-0.05, 0) is 25.1 Å². The summed E-state index contributed by atoms with van der Waals surface area (Å²) in [5, 5.41) is 8.98. The topological polar surface area (TPSA) is 76.1 Å². The van der Waals surface area contributed by atoms with Crippen molar-refractivity contribution in [1.29, 1.82) is 0 Å². The molecule has 1 aromatic rings. The number of rotatable bonds is 4. The Morgan fingerprint density at radius 3 is 2.95 bits per heavy atom. The molecular weight excluding hydrogens is 281 g/mol. The standard InChI is InChI=1S/C14H16FNO5/c1-9-7-16(4-5-20-9)13(17)8-21-12-3-2-10(15)6-11(12)14(18)19/h2-3,6,9H,4-5,7-8H2,1H3,(H,18,19). The molecule has 2 rings (SSSR count). The highest BCUT2D eigenvalue weighted by Gasteiger charge is 2.22. The molecule has 0 spiro atoms. The minimum absolute atomic E-state index is 0.0291. The fourth-order valence-electron chi connectivity index (χ4n) is 2.07. The highest BCUT2D eigenvalue weighted by molar-refractivity contribution is 5.91. The molecule has 1 aliphatic heterocycles. The van der Waals surface area contributed by atoms with Crippen molar-refractivity contribution in [2.75, 3.05) is 26.3 Å². The van der Waals surface area contributed by atoms with Gasteiger partial charge in [0, 0.05) is 13.1 Å². The number of carbonyl (C=O) groups excluding carboxylic acids is 1. The summed E-state index contributed by atoms with van der Waals surface area (Å²) in [7, 11) is 0. The van der Waals surface area contributed by atoms with Crippen molar-refractivity contribution < 1.29 is 28.6 Å². The number of morpholine rings is 1. The van der Waals surface area contributed by atoms with Crippen LogP contribution in [-0.2, 0) is 9.53 Å². The fourth-order valence-corrected chi connectivity index (χ4v) is 2.07. The number of nitrogens with zero attached hydrogens (tertiary/aromatic N) is 1. The second-order valence-electron chi connectivity index (χ2n) is 4.76. The Balaban J connectivity index is 1.99. The molecule has 0 aromatic heterocycles. The van der Waals surface area contributed by atoms with Crippen LogP contribution in [0.4, 0.5) is 4.39 Å². The van der Waals surface area contributed by atoms with Crippen molar-refractivity contribution in [2.45, 2.75) is 13.0 Å². The summed E-state index contributed by atoms with van der Waals surface area (Å²) >= 11 is 0. The predicted octanol–water partition coefficient (Wildman–Crippen LogP) is 1.15. The minimum atomic E-state index is -1.31. The first-order valence-electron chi connectivity index (χ1n) is 6.52. The number of benzene rings is 1. The van der Waals surface area contributed by atoms with E-state index in [0.717, 1.165) is 12.1 Å². The van der Waals surface area contributed by atoms with E-state index >= 15 is 0 Å². The molecule has 1 amide bonds. The Kier molecular flexibility index (Phi) is 4.74. The third-order valence-corrected chi connectivity index (χ3v) is 3.12. The number of halogens is 1. The van der Waals surface area contributed by atoms with E-state index < -0.39 is 11.8 Å². The summed E-state index contributed by atoms with van der Waals surface area (Å²) in [6, 6.07) is 3.15. The van der Waals surface area contributed by atoms with Crippen LogP contribution in [0.3, 0.4) is 0 Å². The maximum atomic E-state index is 13.0. The maximum absolute atomic E-state index is 13.0. The summed E-state index contributed by atoms with van der Waals surface area (Å²) in [6.45, 7) is 2.98. The predicted molar refractivity (Wildman–Crippen MR) is 70.8 cm³/mol. The zero-order valence-electron chi connectivity index (χ0n) is 11.5. The smallest absolute Gasteiger partial charge is 0.339 e. The molecule has 1 fully saturated rings. The van der Waals surface area contributed by atoms with E-state index in [1.807, 2.05) is 6.92 Å². The van der Waals surface area contributed by atoms with Gasteiger partial charge in [0.1, 0.15) is 17.1 Å². The molecule has 0 aliphatic carbocycles. The average Bonchev–Trinajstić information content (AvgIpc) is 2.45. The van der Waals surface area contributed by atoms with Gasteiger partial charge in [-0.25, -0.2) is 9.18 Å². The van der Waals surface area contributed by atoms with Crippen LogP contribution >= 0.6 is 0 Å². The lowest BCUT2D eigenvalue weighted by Crippen LogP contribution is -2.46. The highest BCUT2D eigenvalue weighted by Crippen LogP contribution is 2.20. The van der Waals surface area contributed by atoms with Crippen molar-refractivity contribution >= 4 is 11.9 Å². The number of hydrogen-bond acceptors (Lipinski definition) is 4. The number of amides is 1. The van der Waals surface area contributed by atoms with E-state index in [0.29, 0.717) is 19.7 Å². The molecule has 21 heavy (non-hydrogen) atoms. The SMILES string of the molecule is CC1CN(C(=O)COc2ccc(F)cc2C(=O)O)CCO1. The van der Waals surface area contributed by atoms with Crippen LogP contribution in [0.1, 0.15) is 17.3 Å². The molecular formula is C14H16FNO5. The molecule has 6 nitrogen and oxygen atoms in total. The Labute approximate surface area is 121 Å². The quantitative estimate of drug-likeness (QED) is 0.902. The maximum Gasteiger partial charge on any atom is 0.339 e. The zero-order chi connectivity index (χ0) is 15.4. The first-order chi connectivity index (χ1) is 9.97. The Hall–Kier alpha value is -2.15. The van der Waals surface area contributed by atoms with Gasteiger partial charge >= 0.3 is 5.97 Å². The van der Waals surface area contributed by atoms with Gasteiger partial charge in [0.05, 0.1) is 12.7 Å². The van der Waals surface area contributed by atoms with Gasteiger partial charge < -0.3 is 19.5 Å². The molecule has 1 N–H and O–H groups in total. The van der Waals surface area contributed by atoms with Gasteiger partial charge in [0.2, 0.25) is 0 Å². The number of carboxylic acid groups (broad SMARTS) is 1. The summed E-state index contributed by atoms with van der Waals surface area (Å²) in [5.41, 5.74) is -0.307. The summed E-state index contributed by atoms with van der Waals surface area (Å²) < 4.78 is 23.6. The molecule has 1 aliphatic rings. The van der Waals surface area contributed by atoms with Gasteiger partial charge in [-0.2, -0.15) is 0 Å². The third-order valence-electron chi connectivity index (χ3n) is 3.12. The largest absolute Gasteiger partial charge is 0.483 e. The number of carbonyl (C=O) groups is 2. The fraction of sp³-hybridized carbons (Fsp3) is 0.429. The Morgan fingerprint density at radius 2 is 2.29 bits per heavy atom. The van der Waals surface area contributed by atoms with E-state index in [1.54, 1.807) is 4.90 Å². The van der Waals surface area contributed by atoms with Crippen LogP contribution in [0.25, 0.3) is 0 Å². The zero-order valence-corrected chi connectivity index (χ0v) is 11.5. The number of carboxylic acids is 1. The Morgan fingerprint density at radius 1 is 1.52 bits per heavy atom. The lowest BCUT2D eigenvalue weighted by atomic mass is 10.2. The van der Waals surface area contributed by atoms with Crippen LogP contribution in [0.15, 0.2) is 18.2 Å².